The van der Waals surface area contributed by atoms with Crippen LogP contribution < -0.4 is 0 Å². The number of rotatable bonds is 25. The standard InChI is InChI=1S/C29H53NO7/c1-5-7-9-10-11-13-16-26(24-35-27(32)18-12-8-6-2)37-29(34)21-20-25(17-15-23-31)36-28(33)19-14-22-30(3)4/h23,25-26H,5-22,24H2,1-4H3. The fourth-order valence-corrected chi connectivity index (χ4v) is 3.93. The van der Waals surface area contributed by atoms with Gasteiger partial charge in [-0.1, -0.05) is 58.8 Å². The Morgan fingerprint density at radius 3 is 1.95 bits per heavy atom. The van der Waals surface area contributed by atoms with Gasteiger partial charge in [0.2, 0.25) is 0 Å². The Balaban J connectivity index is 4.71. The molecule has 0 aromatic carbocycles. The van der Waals surface area contributed by atoms with Crippen LogP contribution in [0.3, 0.4) is 0 Å². The first-order valence-corrected chi connectivity index (χ1v) is 14.4. The van der Waals surface area contributed by atoms with Crippen LogP contribution in [0.5, 0.6) is 0 Å². The number of esters is 3. The summed E-state index contributed by atoms with van der Waals surface area (Å²) in [7, 11) is 3.88. The average Bonchev–Trinajstić information content (AvgIpc) is 2.86. The van der Waals surface area contributed by atoms with Gasteiger partial charge in [0.15, 0.2) is 0 Å². The second kappa shape index (κ2) is 24.4. The van der Waals surface area contributed by atoms with Crippen molar-refractivity contribution in [1.82, 2.24) is 4.90 Å². The van der Waals surface area contributed by atoms with Crippen molar-refractivity contribution in [1.29, 1.82) is 0 Å². The van der Waals surface area contributed by atoms with Crippen LogP contribution in [0.25, 0.3) is 0 Å². The van der Waals surface area contributed by atoms with Crippen molar-refractivity contribution in [3.05, 3.63) is 0 Å². The minimum atomic E-state index is -0.502. The van der Waals surface area contributed by atoms with Crippen LogP contribution in [-0.2, 0) is 33.4 Å². The van der Waals surface area contributed by atoms with Gasteiger partial charge in [-0.25, -0.2) is 0 Å². The van der Waals surface area contributed by atoms with Crippen molar-refractivity contribution in [3.63, 3.8) is 0 Å². The van der Waals surface area contributed by atoms with Crippen molar-refractivity contribution in [2.45, 2.75) is 135 Å². The number of nitrogens with zero attached hydrogens (tertiary/aromatic N) is 1. The van der Waals surface area contributed by atoms with Gasteiger partial charge in [-0.15, -0.1) is 0 Å². The highest BCUT2D eigenvalue weighted by Crippen LogP contribution is 2.15. The molecule has 0 radical (unpaired) electrons. The number of hydrogen-bond acceptors (Lipinski definition) is 8. The number of carbonyl (C=O) groups excluding carboxylic acids is 4. The average molecular weight is 528 g/mol. The van der Waals surface area contributed by atoms with E-state index in [1.807, 2.05) is 19.0 Å². The lowest BCUT2D eigenvalue weighted by Crippen LogP contribution is -2.26. The lowest BCUT2D eigenvalue weighted by Gasteiger charge is -2.20. The normalized spacial score (nSPS) is 12.7. The first-order valence-electron chi connectivity index (χ1n) is 14.4. The minimum Gasteiger partial charge on any atom is -0.462 e. The zero-order valence-corrected chi connectivity index (χ0v) is 24.0. The Labute approximate surface area is 225 Å². The molecule has 0 amide bonds. The van der Waals surface area contributed by atoms with E-state index in [0.29, 0.717) is 38.5 Å². The second-order valence-electron chi connectivity index (χ2n) is 10.1. The molecule has 0 aliphatic heterocycles. The molecule has 0 spiro atoms. The van der Waals surface area contributed by atoms with E-state index >= 15 is 0 Å². The van der Waals surface area contributed by atoms with Gasteiger partial charge in [0.05, 0.1) is 0 Å². The maximum absolute atomic E-state index is 12.6. The molecule has 216 valence electrons. The zero-order chi connectivity index (χ0) is 27.7. The number of aldehydes is 1. The predicted molar refractivity (Wildman–Crippen MR) is 145 cm³/mol. The summed E-state index contributed by atoms with van der Waals surface area (Å²) in [6.07, 6.45) is 12.4. The molecule has 0 bridgehead atoms. The van der Waals surface area contributed by atoms with E-state index in [1.54, 1.807) is 0 Å². The van der Waals surface area contributed by atoms with Crippen molar-refractivity contribution in [2.75, 3.05) is 27.2 Å². The van der Waals surface area contributed by atoms with E-state index in [-0.39, 0.29) is 31.4 Å². The number of unbranched alkanes of at least 4 members (excludes halogenated alkanes) is 7. The number of carbonyl (C=O) groups is 4. The lowest BCUT2D eigenvalue weighted by atomic mass is 10.1. The van der Waals surface area contributed by atoms with Crippen molar-refractivity contribution in [2.24, 2.45) is 0 Å². The van der Waals surface area contributed by atoms with E-state index in [1.165, 1.54) is 19.3 Å². The molecule has 37 heavy (non-hydrogen) atoms. The van der Waals surface area contributed by atoms with Crippen LogP contribution in [0.2, 0.25) is 0 Å². The third kappa shape index (κ3) is 22.9. The van der Waals surface area contributed by atoms with Gasteiger partial charge in [0, 0.05) is 25.7 Å². The fraction of sp³-hybridized carbons (Fsp3) is 0.862. The lowest BCUT2D eigenvalue weighted by molar-refractivity contribution is -0.161. The fourth-order valence-electron chi connectivity index (χ4n) is 3.93. The summed E-state index contributed by atoms with van der Waals surface area (Å²) in [5.74, 6) is -0.979. The summed E-state index contributed by atoms with van der Waals surface area (Å²) < 4.78 is 16.6. The van der Waals surface area contributed by atoms with Crippen LogP contribution >= 0.6 is 0 Å². The first-order chi connectivity index (χ1) is 17.8. The third-order valence-corrected chi connectivity index (χ3v) is 6.15. The largest absolute Gasteiger partial charge is 0.462 e. The van der Waals surface area contributed by atoms with Gasteiger partial charge in [0.1, 0.15) is 25.1 Å². The monoisotopic (exact) mass is 527 g/mol. The Morgan fingerprint density at radius 1 is 0.676 bits per heavy atom. The van der Waals surface area contributed by atoms with Crippen molar-refractivity contribution < 1.29 is 33.4 Å². The molecular weight excluding hydrogens is 474 g/mol. The molecule has 0 aliphatic carbocycles. The zero-order valence-electron chi connectivity index (χ0n) is 24.0. The third-order valence-electron chi connectivity index (χ3n) is 6.15. The second-order valence-corrected chi connectivity index (χ2v) is 10.1. The van der Waals surface area contributed by atoms with Crippen molar-refractivity contribution in [3.8, 4) is 0 Å². The van der Waals surface area contributed by atoms with Crippen LogP contribution in [0.15, 0.2) is 0 Å². The highest BCUT2D eigenvalue weighted by molar-refractivity contribution is 5.71. The van der Waals surface area contributed by atoms with Gasteiger partial charge in [-0.2, -0.15) is 0 Å². The molecule has 0 aromatic heterocycles. The Hall–Kier alpha value is -1.96. The molecule has 0 fully saturated rings. The molecule has 0 saturated carbocycles. The van der Waals surface area contributed by atoms with Crippen LogP contribution in [0.1, 0.15) is 123 Å². The molecule has 0 saturated heterocycles. The van der Waals surface area contributed by atoms with Crippen molar-refractivity contribution >= 4 is 24.2 Å². The highest BCUT2D eigenvalue weighted by Gasteiger charge is 2.20. The summed E-state index contributed by atoms with van der Waals surface area (Å²) in [4.78, 5) is 49.7. The Morgan fingerprint density at radius 2 is 1.27 bits per heavy atom. The molecule has 2 atom stereocenters. The van der Waals surface area contributed by atoms with Crippen LogP contribution in [-0.4, -0.2) is 68.5 Å². The van der Waals surface area contributed by atoms with E-state index in [2.05, 4.69) is 13.8 Å². The van der Waals surface area contributed by atoms with Gasteiger partial charge in [-0.3, -0.25) is 14.4 Å². The van der Waals surface area contributed by atoms with Gasteiger partial charge in [-0.05, 0) is 59.2 Å². The maximum Gasteiger partial charge on any atom is 0.306 e. The van der Waals surface area contributed by atoms with E-state index in [9.17, 15) is 19.2 Å². The molecule has 2 unspecified atom stereocenters. The van der Waals surface area contributed by atoms with Crippen LogP contribution in [0.4, 0.5) is 0 Å². The summed E-state index contributed by atoms with van der Waals surface area (Å²) in [5.41, 5.74) is 0. The summed E-state index contributed by atoms with van der Waals surface area (Å²) >= 11 is 0. The topological polar surface area (TPSA) is 99.2 Å². The molecule has 8 heteroatoms. The number of ether oxygens (including phenoxy) is 3. The predicted octanol–water partition coefficient (Wildman–Crippen LogP) is 5.79. The maximum atomic E-state index is 12.6. The highest BCUT2D eigenvalue weighted by atomic mass is 16.6. The van der Waals surface area contributed by atoms with E-state index in [0.717, 1.165) is 51.4 Å². The van der Waals surface area contributed by atoms with Gasteiger partial charge < -0.3 is 23.9 Å². The molecule has 0 aliphatic rings. The molecule has 0 N–H and O–H groups in total. The first kappa shape index (κ1) is 35.0. The number of hydrogen-bond donors (Lipinski definition) is 0. The van der Waals surface area contributed by atoms with Gasteiger partial charge >= 0.3 is 17.9 Å². The minimum absolute atomic E-state index is 0.0705. The molecule has 0 aromatic rings. The smallest absolute Gasteiger partial charge is 0.306 e. The van der Waals surface area contributed by atoms with E-state index in [4.69, 9.17) is 14.2 Å². The summed E-state index contributed by atoms with van der Waals surface area (Å²) in [5, 5.41) is 0. The molecular formula is C29H53NO7. The van der Waals surface area contributed by atoms with E-state index < -0.39 is 18.2 Å². The van der Waals surface area contributed by atoms with Gasteiger partial charge in [0.25, 0.3) is 0 Å². The molecule has 0 rings (SSSR count). The Bertz CT molecular complexity index is 609. The Kier molecular flexibility index (Phi) is 23.1. The molecule has 0 heterocycles. The quantitative estimate of drug-likeness (QED) is 0.0637. The molecule has 8 nitrogen and oxygen atoms in total. The SMILES string of the molecule is CCCCCCCCC(COC(=O)CCCCC)OC(=O)CCC(CCC=O)OC(=O)CCCN(C)C. The summed E-state index contributed by atoms with van der Waals surface area (Å²) in [6.45, 7) is 5.11. The summed E-state index contributed by atoms with van der Waals surface area (Å²) in [6, 6.07) is 0. The van der Waals surface area contributed by atoms with Crippen LogP contribution in [0, 0.1) is 0 Å².